The van der Waals surface area contributed by atoms with Crippen molar-refractivity contribution in [3.63, 3.8) is 0 Å². The van der Waals surface area contributed by atoms with E-state index in [0.717, 1.165) is 0 Å². The van der Waals surface area contributed by atoms with Crippen LogP contribution < -0.4 is 10.6 Å². The molecule has 2 N–H and O–H groups in total. The largest absolute Gasteiger partial charge is 0.450 e. The molecular formula is C12H16N2O4. The lowest BCUT2D eigenvalue weighted by atomic mass is 10.3. The lowest BCUT2D eigenvalue weighted by Crippen LogP contribution is -2.17. The highest BCUT2D eigenvalue weighted by Crippen LogP contribution is 2.15. The normalized spacial score (nSPS) is 9.67. The van der Waals surface area contributed by atoms with E-state index in [0.29, 0.717) is 18.0 Å². The Hall–Kier alpha value is -2.08. The number of amides is 2. The van der Waals surface area contributed by atoms with Gasteiger partial charge in [0.15, 0.2) is 0 Å². The van der Waals surface area contributed by atoms with Crippen LogP contribution in [0.1, 0.15) is 6.92 Å². The zero-order valence-corrected chi connectivity index (χ0v) is 10.4. The molecule has 0 spiro atoms. The van der Waals surface area contributed by atoms with Crippen molar-refractivity contribution in [2.45, 2.75) is 6.92 Å². The monoisotopic (exact) mass is 252 g/mol. The number of rotatable bonds is 5. The fraction of sp³-hybridized carbons (Fsp3) is 0.333. The van der Waals surface area contributed by atoms with Crippen LogP contribution in [0.2, 0.25) is 0 Å². The van der Waals surface area contributed by atoms with Gasteiger partial charge in [-0.3, -0.25) is 10.1 Å². The SMILES string of the molecule is CCOC(=O)Nc1cccc(NC(=O)COC)c1. The summed E-state index contributed by atoms with van der Waals surface area (Å²) in [6.07, 6.45) is -0.530. The number of nitrogens with one attached hydrogen (secondary N) is 2. The van der Waals surface area contributed by atoms with Crippen LogP contribution in [0.4, 0.5) is 16.2 Å². The number of hydrogen-bond acceptors (Lipinski definition) is 4. The van der Waals surface area contributed by atoms with Gasteiger partial charge in [-0.05, 0) is 25.1 Å². The Kier molecular flexibility index (Phi) is 5.66. The molecule has 1 aromatic carbocycles. The fourth-order valence-electron chi connectivity index (χ4n) is 1.29. The third-order valence-corrected chi connectivity index (χ3v) is 1.94. The highest BCUT2D eigenvalue weighted by Gasteiger charge is 2.04. The topological polar surface area (TPSA) is 76.7 Å². The van der Waals surface area contributed by atoms with E-state index in [-0.39, 0.29) is 12.5 Å². The Bertz CT molecular complexity index is 385. The second-order valence-electron chi connectivity index (χ2n) is 3.41. The molecule has 1 rings (SSSR count). The number of methoxy groups -OCH3 is 1. The van der Waals surface area contributed by atoms with Crippen LogP contribution in [0.25, 0.3) is 0 Å². The van der Waals surface area contributed by atoms with Crippen molar-refractivity contribution in [2.24, 2.45) is 0 Å². The minimum absolute atomic E-state index is 0.0183. The van der Waals surface area contributed by atoms with Gasteiger partial charge in [-0.25, -0.2) is 4.79 Å². The number of anilines is 2. The molecule has 0 radical (unpaired) electrons. The average molecular weight is 252 g/mol. The van der Waals surface area contributed by atoms with Crippen molar-refractivity contribution in [3.05, 3.63) is 24.3 Å². The molecule has 0 fully saturated rings. The Morgan fingerprint density at radius 2 is 1.89 bits per heavy atom. The van der Waals surface area contributed by atoms with E-state index in [1.807, 2.05) is 0 Å². The van der Waals surface area contributed by atoms with Crippen LogP contribution >= 0.6 is 0 Å². The molecule has 0 aliphatic carbocycles. The van der Waals surface area contributed by atoms with Gasteiger partial charge in [0.2, 0.25) is 5.91 Å². The van der Waals surface area contributed by atoms with E-state index < -0.39 is 6.09 Å². The van der Waals surface area contributed by atoms with Gasteiger partial charge in [-0.15, -0.1) is 0 Å². The van der Waals surface area contributed by atoms with Crippen molar-refractivity contribution < 1.29 is 19.1 Å². The molecule has 6 heteroatoms. The summed E-state index contributed by atoms with van der Waals surface area (Å²) >= 11 is 0. The molecule has 1 aromatic rings. The van der Waals surface area contributed by atoms with Crippen LogP contribution in [0, 0.1) is 0 Å². The molecule has 18 heavy (non-hydrogen) atoms. The van der Waals surface area contributed by atoms with Gasteiger partial charge in [0.05, 0.1) is 6.61 Å². The summed E-state index contributed by atoms with van der Waals surface area (Å²) in [4.78, 5) is 22.5. The molecule has 0 atom stereocenters. The summed E-state index contributed by atoms with van der Waals surface area (Å²) in [5.74, 6) is -0.259. The Balaban J connectivity index is 2.61. The van der Waals surface area contributed by atoms with Crippen molar-refractivity contribution in [3.8, 4) is 0 Å². The van der Waals surface area contributed by atoms with E-state index in [1.165, 1.54) is 7.11 Å². The van der Waals surface area contributed by atoms with Crippen LogP contribution in [0.15, 0.2) is 24.3 Å². The molecule has 0 saturated heterocycles. The lowest BCUT2D eigenvalue weighted by Gasteiger charge is -2.08. The second-order valence-corrected chi connectivity index (χ2v) is 3.41. The predicted molar refractivity (Wildman–Crippen MR) is 67.6 cm³/mol. The Labute approximate surface area is 105 Å². The van der Waals surface area contributed by atoms with Crippen molar-refractivity contribution >= 4 is 23.4 Å². The first-order chi connectivity index (χ1) is 8.65. The summed E-state index contributed by atoms with van der Waals surface area (Å²) in [5, 5.41) is 5.18. The molecular weight excluding hydrogens is 236 g/mol. The molecule has 0 aromatic heterocycles. The first-order valence-electron chi connectivity index (χ1n) is 5.48. The summed E-state index contributed by atoms with van der Waals surface area (Å²) in [7, 11) is 1.44. The van der Waals surface area contributed by atoms with E-state index >= 15 is 0 Å². The van der Waals surface area contributed by atoms with Crippen molar-refractivity contribution in [1.82, 2.24) is 0 Å². The van der Waals surface area contributed by atoms with Gasteiger partial charge >= 0.3 is 6.09 Å². The molecule has 2 amide bonds. The van der Waals surface area contributed by atoms with E-state index in [9.17, 15) is 9.59 Å². The maximum absolute atomic E-state index is 11.3. The lowest BCUT2D eigenvalue weighted by molar-refractivity contribution is -0.119. The minimum atomic E-state index is -0.530. The first-order valence-corrected chi connectivity index (χ1v) is 5.48. The molecule has 0 aliphatic heterocycles. The molecule has 0 unspecified atom stereocenters. The van der Waals surface area contributed by atoms with Gasteiger partial charge in [0, 0.05) is 18.5 Å². The van der Waals surface area contributed by atoms with E-state index in [1.54, 1.807) is 31.2 Å². The average Bonchev–Trinajstić information content (AvgIpc) is 2.29. The Morgan fingerprint density at radius 3 is 2.50 bits per heavy atom. The Morgan fingerprint density at radius 1 is 1.22 bits per heavy atom. The molecule has 98 valence electrons. The number of ether oxygens (including phenoxy) is 2. The van der Waals surface area contributed by atoms with Gasteiger partial charge < -0.3 is 14.8 Å². The highest BCUT2D eigenvalue weighted by molar-refractivity contribution is 5.93. The standard InChI is InChI=1S/C12H16N2O4/c1-3-18-12(16)14-10-6-4-5-9(7-10)13-11(15)8-17-2/h4-7H,3,8H2,1-2H3,(H,13,15)(H,14,16). The summed E-state index contributed by atoms with van der Waals surface area (Å²) in [5.41, 5.74) is 1.12. The molecule has 6 nitrogen and oxygen atoms in total. The second kappa shape index (κ2) is 7.29. The van der Waals surface area contributed by atoms with Gasteiger partial charge in [0.1, 0.15) is 6.61 Å². The van der Waals surface area contributed by atoms with Crippen LogP contribution in [0.5, 0.6) is 0 Å². The molecule has 0 bridgehead atoms. The van der Waals surface area contributed by atoms with Crippen LogP contribution in [-0.2, 0) is 14.3 Å². The number of carbonyl (C=O) groups excluding carboxylic acids is 2. The smallest absolute Gasteiger partial charge is 0.411 e. The van der Waals surface area contributed by atoms with Crippen LogP contribution in [0.3, 0.4) is 0 Å². The quantitative estimate of drug-likeness (QED) is 0.838. The number of benzene rings is 1. The number of carbonyl (C=O) groups is 2. The van der Waals surface area contributed by atoms with Gasteiger partial charge in [-0.1, -0.05) is 6.07 Å². The van der Waals surface area contributed by atoms with E-state index in [2.05, 4.69) is 10.6 Å². The maximum atomic E-state index is 11.3. The van der Waals surface area contributed by atoms with Crippen LogP contribution in [-0.4, -0.2) is 32.3 Å². The zero-order chi connectivity index (χ0) is 13.4. The molecule has 0 heterocycles. The number of hydrogen-bond donors (Lipinski definition) is 2. The van der Waals surface area contributed by atoms with Gasteiger partial charge in [0.25, 0.3) is 0 Å². The minimum Gasteiger partial charge on any atom is -0.450 e. The van der Waals surface area contributed by atoms with Gasteiger partial charge in [-0.2, -0.15) is 0 Å². The fourth-order valence-corrected chi connectivity index (χ4v) is 1.29. The molecule has 0 saturated carbocycles. The summed E-state index contributed by atoms with van der Waals surface area (Å²) < 4.78 is 9.45. The third kappa shape index (κ3) is 4.84. The van der Waals surface area contributed by atoms with Crippen molar-refractivity contribution in [1.29, 1.82) is 0 Å². The van der Waals surface area contributed by atoms with E-state index in [4.69, 9.17) is 9.47 Å². The molecule has 0 aliphatic rings. The first kappa shape index (κ1) is 14.0. The third-order valence-electron chi connectivity index (χ3n) is 1.94. The van der Waals surface area contributed by atoms with Crippen molar-refractivity contribution in [2.75, 3.05) is 31.0 Å². The maximum Gasteiger partial charge on any atom is 0.411 e. The predicted octanol–water partition coefficient (Wildman–Crippen LogP) is 1.84. The summed E-state index contributed by atoms with van der Waals surface area (Å²) in [6, 6.07) is 6.75. The summed E-state index contributed by atoms with van der Waals surface area (Å²) in [6.45, 7) is 2.01. The zero-order valence-electron chi connectivity index (χ0n) is 10.4. The highest BCUT2D eigenvalue weighted by atomic mass is 16.5.